The van der Waals surface area contributed by atoms with E-state index in [4.69, 9.17) is 4.74 Å². The summed E-state index contributed by atoms with van der Waals surface area (Å²) < 4.78 is 7.70. The van der Waals surface area contributed by atoms with Gasteiger partial charge in [-0.05, 0) is 43.7 Å². The maximum atomic E-state index is 10.4. The lowest BCUT2D eigenvalue weighted by atomic mass is 10.2. The van der Waals surface area contributed by atoms with Gasteiger partial charge in [-0.15, -0.1) is 10.2 Å². The number of rotatable bonds is 6. The van der Waals surface area contributed by atoms with Crippen molar-refractivity contribution >= 4 is 5.65 Å². The SMILES string of the molecule is O[C@H](COc1ccccc1)CN1CCC[C@H]1c1nnc2ccccn12. The quantitative estimate of drug-likeness (QED) is 0.747. The van der Waals surface area contributed by atoms with Gasteiger partial charge in [-0.2, -0.15) is 0 Å². The molecule has 1 fully saturated rings. The molecule has 1 aliphatic rings. The summed E-state index contributed by atoms with van der Waals surface area (Å²) >= 11 is 0. The number of benzene rings is 1. The van der Waals surface area contributed by atoms with Crippen LogP contribution in [0.15, 0.2) is 54.7 Å². The van der Waals surface area contributed by atoms with Gasteiger partial charge in [0.15, 0.2) is 11.5 Å². The molecule has 6 nitrogen and oxygen atoms in total. The van der Waals surface area contributed by atoms with Gasteiger partial charge in [-0.1, -0.05) is 24.3 Å². The smallest absolute Gasteiger partial charge is 0.160 e. The highest BCUT2D eigenvalue weighted by molar-refractivity contribution is 5.37. The summed E-state index contributed by atoms with van der Waals surface area (Å²) in [4.78, 5) is 2.28. The molecule has 1 saturated heterocycles. The predicted molar refractivity (Wildman–Crippen MR) is 94.5 cm³/mol. The van der Waals surface area contributed by atoms with Crippen molar-refractivity contribution in [3.63, 3.8) is 0 Å². The van der Waals surface area contributed by atoms with Crippen LogP contribution < -0.4 is 4.74 Å². The fourth-order valence-electron chi connectivity index (χ4n) is 3.46. The van der Waals surface area contributed by atoms with E-state index in [9.17, 15) is 5.11 Å². The average Bonchev–Trinajstić information content (AvgIpc) is 3.27. The Morgan fingerprint density at radius 2 is 1.96 bits per heavy atom. The number of β-amino-alcohol motifs (C(OH)–C–C–N with tert-alkyl or cyclic N) is 1. The van der Waals surface area contributed by atoms with Crippen LogP contribution in [0, 0.1) is 0 Å². The Bertz CT molecular complexity index is 820. The molecule has 0 saturated carbocycles. The number of aromatic nitrogens is 3. The van der Waals surface area contributed by atoms with Crippen LogP contribution in [0.2, 0.25) is 0 Å². The molecule has 0 radical (unpaired) electrons. The summed E-state index contributed by atoms with van der Waals surface area (Å²) in [5.41, 5.74) is 0.859. The Morgan fingerprint density at radius 1 is 1.12 bits per heavy atom. The Labute approximate surface area is 146 Å². The van der Waals surface area contributed by atoms with Gasteiger partial charge in [0.1, 0.15) is 18.5 Å². The molecule has 1 N–H and O–H groups in total. The summed E-state index contributed by atoms with van der Waals surface area (Å²) in [5.74, 6) is 1.73. The highest BCUT2D eigenvalue weighted by Crippen LogP contribution is 2.31. The molecule has 3 heterocycles. The molecule has 2 aromatic heterocycles. The van der Waals surface area contributed by atoms with E-state index in [2.05, 4.69) is 15.1 Å². The summed E-state index contributed by atoms with van der Waals surface area (Å²) in [6.45, 7) is 1.81. The van der Waals surface area contributed by atoms with E-state index in [1.54, 1.807) is 0 Å². The number of ether oxygens (including phenoxy) is 1. The largest absolute Gasteiger partial charge is 0.491 e. The fourth-order valence-corrected chi connectivity index (χ4v) is 3.46. The van der Waals surface area contributed by atoms with E-state index in [1.165, 1.54) is 0 Å². The second-order valence-electron chi connectivity index (χ2n) is 6.42. The number of likely N-dealkylation sites (tertiary alicyclic amines) is 1. The lowest BCUT2D eigenvalue weighted by Gasteiger charge is -2.25. The molecule has 2 atom stereocenters. The number of aliphatic hydroxyl groups excluding tert-OH is 1. The molecule has 0 amide bonds. The highest BCUT2D eigenvalue weighted by Gasteiger charge is 2.31. The van der Waals surface area contributed by atoms with Gasteiger partial charge in [-0.3, -0.25) is 9.30 Å². The number of hydrogen-bond donors (Lipinski definition) is 1. The minimum atomic E-state index is -0.542. The number of pyridine rings is 1. The van der Waals surface area contributed by atoms with Crippen LogP contribution in [-0.4, -0.2) is 50.4 Å². The molecule has 0 bridgehead atoms. The molecule has 130 valence electrons. The lowest BCUT2D eigenvalue weighted by molar-refractivity contribution is 0.0625. The van der Waals surface area contributed by atoms with Gasteiger partial charge in [0.25, 0.3) is 0 Å². The molecule has 1 aromatic carbocycles. The Hall–Kier alpha value is -2.44. The minimum Gasteiger partial charge on any atom is -0.491 e. The van der Waals surface area contributed by atoms with Crippen LogP contribution in [-0.2, 0) is 0 Å². The van der Waals surface area contributed by atoms with Crippen molar-refractivity contribution in [2.75, 3.05) is 19.7 Å². The molecule has 25 heavy (non-hydrogen) atoms. The number of para-hydroxylation sites is 1. The van der Waals surface area contributed by atoms with E-state index < -0.39 is 6.10 Å². The summed E-state index contributed by atoms with van der Waals surface area (Å²) in [5, 5.41) is 19.0. The van der Waals surface area contributed by atoms with Crippen LogP contribution in [0.25, 0.3) is 5.65 Å². The van der Waals surface area contributed by atoms with Crippen molar-refractivity contribution in [3.8, 4) is 5.75 Å². The maximum absolute atomic E-state index is 10.4. The Kier molecular flexibility index (Phi) is 4.63. The number of fused-ring (bicyclic) bond motifs is 1. The lowest BCUT2D eigenvalue weighted by Crippen LogP contribution is -2.35. The normalized spacial score (nSPS) is 19.3. The maximum Gasteiger partial charge on any atom is 0.160 e. The molecule has 4 rings (SSSR count). The van der Waals surface area contributed by atoms with Gasteiger partial charge in [-0.25, -0.2) is 0 Å². The Morgan fingerprint density at radius 3 is 2.84 bits per heavy atom. The first-order valence-electron chi connectivity index (χ1n) is 8.71. The van der Waals surface area contributed by atoms with Crippen LogP contribution in [0.5, 0.6) is 5.75 Å². The second-order valence-corrected chi connectivity index (χ2v) is 6.42. The summed E-state index contributed by atoms with van der Waals surface area (Å²) in [7, 11) is 0. The predicted octanol–water partition coefficient (Wildman–Crippen LogP) is 2.31. The van der Waals surface area contributed by atoms with E-state index in [0.29, 0.717) is 6.54 Å². The zero-order chi connectivity index (χ0) is 17.1. The van der Waals surface area contributed by atoms with Gasteiger partial charge in [0.05, 0.1) is 6.04 Å². The second kappa shape index (κ2) is 7.21. The van der Waals surface area contributed by atoms with Gasteiger partial charge < -0.3 is 9.84 Å². The number of nitrogens with zero attached hydrogens (tertiary/aromatic N) is 4. The molecule has 1 aliphatic heterocycles. The molecule has 6 heteroatoms. The standard InChI is InChI=1S/C19H22N4O2/c24-15(14-25-16-7-2-1-3-8-16)13-22-11-6-9-17(22)19-21-20-18-10-4-5-12-23(18)19/h1-5,7-8,10,12,15,17,24H,6,9,11,13-14H2/t15-,17-/m0/s1. The highest BCUT2D eigenvalue weighted by atomic mass is 16.5. The average molecular weight is 338 g/mol. The zero-order valence-electron chi connectivity index (χ0n) is 14.0. The van der Waals surface area contributed by atoms with E-state index in [1.807, 2.05) is 59.1 Å². The van der Waals surface area contributed by atoms with Crippen molar-refractivity contribution < 1.29 is 9.84 Å². The van der Waals surface area contributed by atoms with Crippen molar-refractivity contribution in [2.24, 2.45) is 0 Å². The summed E-state index contributed by atoms with van der Waals surface area (Å²) in [6.07, 6.45) is 3.58. The van der Waals surface area contributed by atoms with E-state index in [0.717, 1.165) is 36.6 Å². The minimum absolute atomic E-state index is 0.184. The first-order chi connectivity index (χ1) is 12.3. The van der Waals surface area contributed by atoms with Crippen molar-refractivity contribution in [3.05, 3.63) is 60.6 Å². The van der Waals surface area contributed by atoms with E-state index >= 15 is 0 Å². The molecular formula is C19H22N4O2. The Balaban J connectivity index is 1.41. The molecular weight excluding hydrogens is 316 g/mol. The number of aliphatic hydroxyl groups is 1. The van der Waals surface area contributed by atoms with Crippen LogP contribution in [0.3, 0.4) is 0 Å². The van der Waals surface area contributed by atoms with Crippen LogP contribution in [0.4, 0.5) is 0 Å². The zero-order valence-corrected chi connectivity index (χ0v) is 14.0. The molecule has 0 unspecified atom stereocenters. The van der Waals surface area contributed by atoms with Crippen molar-refractivity contribution in [1.82, 2.24) is 19.5 Å². The monoisotopic (exact) mass is 338 g/mol. The fraction of sp³-hybridized carbons (Fsp3) is 0.368. The van der Waals surface area contributed by atoms with Crippen LogP contribution in [0.1, 0.15) is 24.7 Å². The van der Waals surface area contributed by atoms with Gasteiger partial charge >= 0.3 is 0 Å². The topological polar surface area (TPSA) is 62.9 Å². The molecule has 0 spiro atoms. The number of hydrogen-bond acceptors (Lipinski definition) is 5. The van der Waals surface area contributed by atoms with Crippen LogP contribution >= 0.6 is 0 Å². The first-order valence-corrected chi connectivity index (χ1v) is 8.71. The van der Waals surface area contributed by atoms with Crippen molar-refractivity contribution in [2.45, 2.75) is 25.0 Å². The van der Waals surface area contributed by atoms with Gasteiger partial charge in [0.2, 0.25) is 0 Å². The molecule has 3 aromatic rings. The third-order valence-corrected chi connectivity index (χ3v) is 4.63. The third-order valence-electron chi connectivity index (χ3n) is 4.63. The molecule has 0 aliphatic carbocycles. The van der Waals surface area contributed by atoms with Crippen molar-refractivity contribution in [1.29, 1.82) is 0 Å². The third kappa shape index (κ3) is 3.50. The summed E-state index contributed by atoms with van der Waals surface area (Å²) in [6, 6.07) is 15.7. The van der Waals surface area contributed by atoms with Gasteiger partial charge in [0, 0.05) is 12.7 Å². The first kappa shape index (κ1) is 16.1. The van der Waals surface area contributed by atoms with E-state index in [-0.39, 0.29) is 12.6 Å².